The molecule has 0 aliphatic carbocycles. The predicted molar refractivity (Wildman–Crippen MR) is 118 cm³/mol. The van der Waals surface area contributed by atoms with E-state index < -0.39 is 28.5 Å². The standard InChI is InChI=1S/C22H20F3N5O4/c1-12-20(30(33)34)13(2)29(28-12)11-15-4-6-16(7-5-15)21(32)27-19-10-17(22(23,24)25)8-9-18(19)26-14(3)31/h4-10H,11H2,1-3H3,(H,26,31)(H,27,32). The average molecular weight is 475 g/mol. The highest BCUT2D eigenvalue weighted by molar-refractivity contribution is 6.07. The highest BCUT2D eigenvalue weighted by Crippen LogP contribution is 2.34. The van der Waals surface area contributed by atoms with Gasteiger partial charge in [0.2, 0.25) is 5.91 Å². The van der Waals surface area contributed by atoms with Crippen LogP contribution in [0.3, 0.4) is 0 Å². The summed E-state index contributed by atoms with van der Waals surface area (Å²) in [6, 6.07) is 8.77. The number of carbonyl (C=O) groups is 2. The van der Waals surface area contributed by atoms with Gasteiger partial charge in [0, 0.05) is 12.5 Å². The van der Waals surface area contributed by atoms with Crippen LogP contribution in [0.5, 0.6) is 0 Å². The zero-order valence-corrected chi connectivity index (χ0v) is 18.4. The van der Waals surface area contributed by atoms with Gasteiger partial charge in [-0.3, -0.25) is 24.4 Å². The van der Waals surface area contributed by atoms with E-state index in [-0.39, 0.29) is 34.9 Å². The second-order valence-corrected chi connectivity index (χ2v) is 7.52. The molecule has 34 heavy (non-hydrogen) atoms. The number of halogens is 3. The van der Waals surface area contributed by atoms with Crippen LogP contribution in [-0.4, -0.2) is 26.5 Å². The van der Waals surface area contributed by atoms with E-state index in [9.17, 15) is 32.9 Å². The van der Waals surface area contributed by atoms with E-state index in [4.69, 9.17) is 0 Å². The fourth-order valence-electron chi connectivity index (χ4n) is 3.36. The van der Waals surface area contributed by atoms with Crippen molar-refractivity contribution in [2.24, 2.45) is 0 Å². The van der Waals surface area contributed by atoms with E-state index in [1.54, 1.807) is 19.1 Å². The summed E-state index contributed by atoms with van der Waals surface area (Å²) in [6.07, 6.45) is -4.63. The van der Waals surface area contributed by atoms with E-state index in [1.807, 2.05) is 0 Å². The van der Waals surface area contributed by atoms with Crippen LogP contribution in [-0.2, 0) is 17.5 Å². The zero-order chi connectivity index (χ0) is 25.2. The lowest BCUT2D eigenvalue weighted by Gasteiger charge is -2.15. The van der Waals surface area contributed by atoms with Gasteiger partial charge in [-0.05, 0) is 49.7 Å². The number of nitrogens with zero attached hydrogens (tertiary/aromatic N) is 3. The lowest BCUT2D eigenvalue weighted by Crippen LogP contribution is -2.16. The average Bonchev–Trinajstić information content (AvgIpc) is 3.01. The predicted octanol–water partition coefficient (Wildman–Crippen LogP) is 4.69. The zero-order valence-electron chi connectivity index (χ0n) is 18.4. The van der Waals surface area contributed by atoms with Crippen molar-refractivity contribution in [1.82, 2.24) is 9.78 Å². The molecule has 0 radical (unpaired) electrons. The molecule has 0 unspecified atom stereocenters. The Morgan fingerprint density at radius 2 is 1.71 bits per heavy atom. The molecule has 0 aliphatic rings. The molecule has 1 aromatic heterocycles. The summed E-state index contributed by atoms with van der Waals surface area (Å²) in [5.74, 6) is -1.19. The smallest absolute Gasteiger partial charge is 0.325 e. The van der Waals surface area contributed by atoms with Crippen molar-refractivity contribution < 1.29 is 27.7 Å². The SMILES string of the molecule is CC(=O)Nc1ccc(C(F)(F)F)cc1NC(=O)c1ccc(Cn2nc(C)c([N+](=O)[O-])c2C)cc1. The third kappa shape index (κ3) is 5.39. The summed E-state index contributed by atoms with van der Waals surface area (Å²) in [4.78, 5) is 34.7. The van der Waals surface area contributed by atoms with Crippen LogP contribution in [0.4, 0.5) is 30.2 Å². The van der Waals surface area contributed by atoms with Crippen molar-refractivity contribution >= 4 is 28.9 Å². The van der Waals surface area contributed by atoms with Crippen LogP contribution in [0.1, 0.15) is 39.8 Å². The maximum Gasteiger partial charge on any atom is 0.416 e. The molecule has 178 valence electrons. The number of nitrogens with one attached hydrogen (secondary N) is 2. The molecule has 0 spiro atoms. The van der Waals surface area contributed by atoms with Gasteiger partial charge in [0.05, 0.1) is 28.4 Å². The molecule has 2 N–H and O–H groups in total. The van der Waals surface area contributed by atoms with Crippen molar-refractivity contribution in [2.75, 3.05) is 10.6 Å². The van der Waals surface area contributed by atoms with E-state index in [2.05, 4.69) is 15.7 Å². The number of amides is 2. The number of alkyl halides is 3. The summed E-state index contributed by atoms with van der Waals surface area (Å²) in [5.41, 5.74) is 0.321. The number of anilines is 2. The molecule has 0 atom stereocenters. The number of nitro groups is 1. The number of aryl methyl sites for hydroxylation is 1. The molecule has 0 fully saturated rings. The van der Waals surface area contributed by atoms with Gasteiger partial charge in [-0.25, -0.2) is 0 Å². The molecule has 0 saturated heterocycles. The first-order chi connectivity index (χ1) is 15.9. The number of aromatic nitrogens is 2. The lowest BCUT2D eigenvalue weighted by molar-refractivity contribution is -0.386. The van der Waals surface area contributed by atoms with E-state index in [1.165, 1.54) is 30.7 Å². The highest BCUT2D eigenvalue weighted by Gasteiger charge is 2.31. The van der Waals surface area contributed by atoms with Crippen molar-refractivity contribution in [2.45, 2.75) is 33.5 Å². The summed E-state index contributed by atoms with van der Waals surface area (Å²) in [5, 5.41) is 20.1. The molecular formula is C22H20F3N5O4. The first-order valence-electron chi connectivity index (χ1n) is 9.94. The minimum atomic E-state index is -4.63. The molecule has 0 aliphatic heterocycles. The minimum absolute atomic E-state index is 0.0246. The summed E-state index contributed by atoms with van der Waals surface area (Å²) in [6.45, 7) is 4.54. The molecule has 3 aromatic rings. The van der Waals surface area contributed by atoms with Crippen molar-refractivity contribution in [3.05, 3.63) is 80.7 Å². The summed E-state index contributed by atoms with van der Waals surface area (Å²) >= 11 is 0. The molecule has 1 heterocycles. The van der Waals surface area contributed by atoms with E-state index >= 15 is 0 Å². The van der Waals surface area contributed by atoms with Crippen LogP contribution >= 0.6 is 0 Å². The molecule has 0 saturated carbocycles. The number of hydrogen-bond acceptors (Lipinski definition) is 5. The van der Waals surface area contributed by atoms with Gasteiger partial charge in [-0.15, -0.1) is 0 Å². The minimum Gasteiger partial charge on any atom is -0.325 e. The summed E-state index contributed by atoms with van der Waals surface area (Å²) < 4.78 is 40.8. The van der Waals surface area contributed by atoms with Gasteiger partial charge >= 0.3 is 11.9 Å². The molecule has 12 heteroatoms. The molecule has 2 amide bonds. The Balaban J connectivity index is 1.81. The maximum atomic E-state index is 13.1. The third-order valence-corrected chi connectivity index (χ3v) is 4.98. The van der Waals surface area contributed by atoms with Crippen LogP contribution < -0.4 is 10.6 Å². The fraction of sp³-hybridized carbons (Fsp3) is 0.227. The highest BCUT2D eigenvalue weighted by atomic mass is 19.4. The Morgan fingerprint density at radius 3 is 2.24 bits per heavy atom. The Morgan fingerprint density at radius 1 is 1.06 bits per heavy atom. The summed E-state index contributed by atoms with van der Waals surface area (Å²) in [7, 11) is 0. The van der Waals surface area contributed by atoms with Gasteiger partial charge in [0.15, 0.2) is 0 Å². The van der Waals surface area contributed by atoms with Crippen molar-refractivity contribution in [3.8, 4) is 0 Å². The lowest BCUT2D eigenvalue weighted by atomic mass is 10.1. The molecule has 0 bridgehead atoms. The second-order valence-electron chi connectivity index (χ2n) is 7.52. The van der Waals surface area contributed by atoms with Crippen LogP contribution in [0, 0.1) is 24.0 Å². The molecule has 3 rings (SSSR count). The Bertz CT molecular complexity index is 1270. The number of carbonyl (C=O) groups excluding carboxylic acids is 2. The number of benzene rings is 2. The number of hydrogen-bond donors (Lipinski definition) is 2. The third-order valence-electron chi connectivity index (χ3n) is 4.98. The molecule has 9 nitrogen and oxygen atoms in total. The van der Waals surface area contributed by atoms with Crippen LogP contribution in [0.15, 0.2) is 42.5 Å². The normalized spacial score (nSPS) is 11.2. The topological polar surface area (TPSA) is 119 Å². The van der Waals surface area contributed by atoms with Gasteiger partial charge in [0.1, 0.15) is 11.4 Å². The van der Waals surface area contributed by atoms with Gasteiger partial charge in [-0.2, -0.15) is 18.3 Å². The van der Waals surface area contributed by atoms with Gasteiger partial charge < -0.3 is 10.6 Å². The van der Waals surface area contributed by atoms with Gasteiger partial charge in [-0.1, -0.05) is 12.1 Å². The van der Waals surface area contributed by atoms with Crippen LogP contribution in [0.2, 0.25) is 0 Å². The molecule has 2 aromatic carbocycles. The Labute approximate surface area is 191 Å². The van der Waals surface area contributed by atoms with Crippen LogP contribution in [0.25, 0.3) is 0 Å². The largest absolute Gasteiger partial charge is 0.416 e. The fourth-order valence-corrected chi connectivity index (χ4v) is 3.36. The Hall–Kier alpha value is -4.22. The number of rotatable bonds is 6. The first kappa shape index (κ1) is 24.4. The van der Waals surface area contributed by atoms with Gasteiger partial charge in [0.25, 0.3) is 5.91 Å². The Kier molecular flexibility index (Phi) is 6.70. The van der Waals surface area contributed by atoms with Crippen molar-refractivity contribution in [3.63, 3.8) is 0 Å². The monoisotopic (exact) mass is 475 g/mol. The van der Waals surface area contributed by atoms with Crippen molar-refractivity contribution in [1.29, 1.82) is 0 Å². The first-order valence-corrected chi connectivity index (χ1v) is 9.94. The quantitative estimate of drug-likeness (QED) is 0.396. The molecular weight excluding hydrogens is 455 g/mol. The second kappa shape index (κ2) is 9.33. The maximum absolute atomic E-state index is 13.1. The van der Waals surface area contributed by atoms with E-state index in [0.717, 1.165) is 18.2 Å². The van der Waals surface area contributed by atoms with E-state index in [0.29, 0.717) is 11.3 Å².